The van der Waals surface area contributed by atoms with Gasteiger partial charge < -0.3 is 19.9 Å². The molecule has 0 atom stereocenters. The molecule has 5 aromatic carbocycles. The second kappa shape index (κ2) is 12.3. The third-order valence-electron chi connectivity index (χ3n) is 6.44. The van der Waals surface area contributed by atoms with Gasteiger partial charge in [0.1, 0.15) is 33.5 Å². The Bertz CT molecular complexity index is 1960. The molecule has 0 spiro atoms. The van der Waals surface area contributed by atoms with Gasteiger partial charge in [-0.15, -0.1) is 15.3 Å². The van der Waals surface area contributed by atoms with E-state index in [0.29, 0.717) is 33.6 Å². The van der Waals surface area contributed by atoms with Crippen molar-refractivity contribution in [2.24, 2.45) is 20.5 Å². The summed E-state index contributed by atoms with van der Waals surface area (Å²) in [4.78, 5) is -0.618. The number of hydrogen-bond donors (Lipinski definition) is 3. The predicted molar refractivity (Wildman–Crippen MR) is 164 cm³/mol. The van der Waals surface area contributed by atoms with Gasteiger partial charge in [-0.2, -0.15) is 13.5 Å². The Morgan fingerprint density at radius 2 is 1.35 bits per heavy atom. The van der Waals surface area contributed by atoms with Crippen LogP contribution in [0.5, 0.6) is 17.2 Å². The number of rotatable bonds is 9. The molecule has 5 rings (SSSR count). The average molecular weight is 598 g/mol. The van der Waals surface area contributed by atoms with E-state index < -0.39 is 26.5 Å². The molecule has 0 saturated heterocycles. The fraction of sp³-hybridized carbons (Fsp3) is 0.0968. The lowest BCUT2D eigenvalue weighted by molar-refractivity contribution is 0.405. The van der Waals surface area contributed by atoms with Crippen LogP contribution >= 0.6 is 0 Å². The third kappa shape index (κ3) is 6.61. The number of nitrogens with zero attached hydrogens (tertiary/aromatic N) is 4. The molecule has 11 nitrogen and oxygen atoms in total. The van der Waals surface area contributed by atoms with Crippen LogP contribution in [0.15, 0.2) is 116 Å². The van der Waals surface area contributed by atoms with Crippen LogP contribution in [0.2, 0.25) is 0 Å². The molecule has 0 aromatic heterocycles. The van der Waals surface area contributed by atoms with Gasteiger partial charge in [0.15, 0.2) is 5.75 Å². The summed E-state index contributed by atoms with van der Waals surface area (Å²) in [6, 6.07) is 26.1. The highest BCUT2D eigenvalue weighted by molar-refractivity contribution is 7.86. The maximum absolute atomic E-state index is 12.4. The summed E-state index contributed by atoms with van der Waals surface area (Å²) < 4.78 is 45.7. The van der Waals surface area contributed by atoms with Crippen LogP contribution in [0.25, 0.3) is 10.8 Å². The van der Waals surface area contributed by atoms with Crippen LogP contribution in [-0.2, 0) is 10.1 Å². The van der Waals surface area contributed by atoms with E-state index in [4.69, 9.17) is 9.47 Å². The molecule has 0 aliphatic heterocycles. The van der Waals surface area contributed by atoms with Gasteiger partial charge in [-0.25, -0.2) is 0 Å². The zero-order valence-corrected chi connectivity index (χ0v) is 24.2. The number of azo groups is 2. The van der Waals surface area contributed by atoms with E-state index in [1.165, 1.54) is 32.4 Å². The van der Waals surface area contributed by atoms with Crippen LogP contribution < -0.4 is 14.8 Å². The van der Waals surface area contributed by atoms with Crippen molar-refractivity contribution in [3.05, 3.63) is 96.6 Å². The molecule has 0 saturated carbocycles. The minimum atomic E-state index is -4.81. The number of aryl methyl sites for hydroxylation is 1. The Morgan fingerprint density at radius 1 is 0.721 bits per heavy atom. The van der Waals surface area contributed by atoms with Crippen LogP contribution in [0.4, 0.5) is 34.1 Å². The number of anilines is 2. The van der Waals surface area contributed by atoms with Crippen LogP contribution in [0.1, 0.15) is 5.56 Å². The molecule has 0 unspecified atom stereocenters. The van der Waals surface area contributed by atoms with Crippen molar-refractivity contribution in [1.82, 2.24) is 0 Å². The summed E-state index contributed by atoms with van der Waals surface area (Å²) in [6.45, 7) is 1.97. The summed E-state index contributed by atoms with van der Waals surface area (Å²) in [5.41, 5.74) is 3.25. The van der Waals surface area contributed by atoms with Gasteiger partial charge in [0.25, 0.3) is 10.1 Å². The summed E-state index contributed by atoms with van der Waals surface area (Å²) in [6.07, 6.45) is 0. The highest BCUT2D eigenvalue weighted by Gasteiger charge is 2.22. The number of hydrogen-bond acceptors (Lipinski definition) is 10. The molecular weight excluding hydrogens is 570 g/mol. The van der Waals surface area contributed by atoms with E-state index in [1.54, 1.807) is 18.2 Å². The average Bonchev–Trinajstić information content (AvgIpc) is 3.00. The van der Waals surface area contributed by atoms with Gasteiger partial charge in [0.05, 0.1) is 19.9 Å². The van der Waals surface area contributed by atoms with Gasteiger partial charge in [-0.3, -0.25) is 4.55 Å². The van der Waals surface area contributed by atoms with Crippen LogP contribution in [0, 0.1) is 6.92 Å². The monoisotopic (exact) mass is 597 g/mol. The summed E-state index contributed by atoms with van der Waals surface area (Å²) in [7, 11) is -1.95. The zero-order chi connectivity index (χ0) is 30.6. The van der Waals surface area contributed by atoms with Crippen molar-refractivity contribution in [2.75, 3.05) is 19.5 Å². The third-order valence-corrected chi connectivity index (χ3v) is 7.30. The zero-order valence-electron chi connectivity index (χ0n) is 23.4. The summed E-state index contributed by atoms with van der Waals surface area (Å²) in [5.74, 6) is 0.0455. The molecule has 0 amide bonds. The second-order valence-corrected chi connectivity index (χ2v) is 10.8. The fourth-order valence-electron chi connectivity index (χ4n) is 4.26. The Kier molecular flexibility index (Phi) is 8.32. The molecular formula is C31H27N5O6S. The quantitative estimate of drug-likeness (QED) is 0.113. The van der Waals surface area contributed by atoms with Gasteiger partial charge in [-0.1, -0.05) is 35.9 Å². The van der Waals surface area contributed by atoms with Crippen molar-refractivity contribution in [2.45, 2.75) is 11.8 Å². The first-order chi connectivity index (χ1) is 20.7. The molecule has 5 aromatic rings. The number of phenols is 1. The number of benzene rings is 5. The van der Waals surface area contributed by atoms with E-state index >= 15 is 0 Å². The largest absolute Gasteiger partial charge is 0.505 e. The van der Waals surface area contributed by atoms with Gasteiger partial charge in [0, 0.05) is 28.9 Å². The Labute approximate surface area is 247 Å². The van der Waals surface area contributed by atoms with E-state index in [2.05, 4.69) is 25.8 Å². The first-order valence-corrected chi connectivity index (χ1v) is 14.4. The van der Waals surface area contributed by atoms with Crippen molar-refractivity contribution in [3.63, 3.8) is 0 Å². The van der Waals surface area contributed by atoms with E-state index in [1.807, 2.05) is 61.5 Å². The fourth-order valence-corrected chi connectivity index (χ4v) is 4.92. The Balaban J connectivity index is 1.54. The highest BCUT2D eigenvalue weighted by Crippen LogP contribution is 2.45. The standard InChI is InChI=1S/C31H27N5O6S/c1-19-9-11-22(12-10-19)33-34-25-17-28(42-3)26(18-27(25)41-2)35-36-30-29(43(38,39)40)16-20-15-23(13-14-24(20)31(30)37)32-21-7-5-4-6-8-21/h4-18,32,37H,1-3H3,(H,38,39,40). The van der Waals surface area contributed by atoms with E-state index in [9.17, 15) is 18.1 Å². The van der Waals surface area contributed by atoms with E-state index in [-0.39, 0.29) is 11.4 Å². The Morgan fingerprint density at radius 3 is 1.95 bits per heavy atom. The minimum absolute atomic E-state index is 0.150. The predicted octanol–water partition coefficient (Wildman–Crippen LogP) is 8.69. The van der Waals surface area contributed by atoms with Gasteiger partial charge in [-0.05, 0) is 60.8 Å². The number of ether oxygens (including phenoxy) is 2. The van der Waals surface area contributed by atoms with Crippen molar-refractivity contribution >= 4 is 55.0 Å². The first-order valence-electron chi connectivity index (χ1n) is 12.9. The molecule has 0 fully saturated rings. The highest BCUT2D eigenvalue weighted by atomic mass is 32.2. The molecule has 218 valence electrons. The molecule has 12 heteroatoms. The molecule has 0 heterocycles. The maximum atomic E-state index is 12.4. The molecule has 0 bridgehead atoms. The first kappa shape index (κ1) is 29.2. The lowest BCUT2D eigenvalue weighted by Crippen LogP contribution is -1.99. The Hall–Kier alpha value is -5.33. The lowest BCUT2D eigenvalue weighted by Gasteiger charge is -2.12. The molecule has 0 radical (unpaired) electrons. The molecule has 0 aliphatic rings. The number of methoxy groups -OCH3 is 2. The smallest absolute Gasteiger partial charge is 0.296 e. The van der Waals surface area contributed by atoms with E-state index in [0.717, 1.165) is 11.3 Å². The number of fused-ring (bicyclic) bond motifs is 1. The van der Waals surface area contributed by atoms with Crippen molar-refractivity contribution < 1.29 is 27.6 Å². The van der Waals surface area contributed by atoms with Crippen molar-refractivity contribution in [1.29, 1.82) is 0 Å². The van der Waals surface area contributed by atoms with Crippen molar-refractivity contribution in [3.8, 4) is 17.2 Å². The second-order valence-electron chi connectivity index (χ2n) is 9.41. The van der Waals surface area contributed by atoms with Gasteiger partial charge in [0.2, 0.25) is 0 Å². The van der Waals surface area contributed by atoms with Crippen LogP contribution in [0.3, 0.4) is 0 Å². The minimum Gasteiger partial charge on any atom is -0.505 e. The number of phenolic OH excluding ortho intramolecular Hbond substituents is 1. The molecule has 43 heavy (non-hydrogen) atoms. The van der Waals surface area contributed by atoms with Crippen LogP contribution in [-0.4, -0.2) is 32.3 Å². The number of para-hydroxylation sites is 1. The lowest BCUT2D eigenvalue weighted by atomic mass is 10.1. The van der Waals surface area contributed by atoms with Gasteiger partial charge >= 0.3 is 0 Å². The normalized spacial score (nSPS) is 11.8. The number of nitrogens with one attached hydrogen (secondary N) is 1. The number of aromatic hydroxyl groups is 1. The molecule has 0 aliphatic carbocycles. The maximum Gasteiger partial charge on any atom is 0.296 e. The summed E-state index contributed by atoms with van der Waals surface area (Å²) >= 11 is 0. The topological polar surface area (TPSA) is 155 Å². The summed E-state index contributed by atoms with van der Waals surface area (Å²) in [5, 5.41) is 31.6. The molecule has 3 N–H and O–H groups in total. The SMILES string of the molecule is COc1cc(N=Nc2c(S(=O)(=O)O)cc3cc(Nc4ccccc4)ccc3c2O)c(OC)cc1N=Nc1ccc(C)cc1.